The van der Waals surface area contributed by atoms with Crippen molar-refractivity contribution in [3.63, 3.8) is 0 Å². The maximum atomic E-state index is 11.8. The van der Waals surface area contributed by atoms with Crippen LogP contribution in [-0.4, -0.2) is 11.4 Å². The highest BCUT2D eigenvalue weighted by Crippen LogP contribution is 2.13. The van der Waals surface area contributed by atoms with Crippen LogP contribution in [0.3, 0.4) is 0 Å². The summed E-state index contributed by atoms with van der Waals surface area (Å²) in [6.45, 7) is 3.54. The first kappa shape index (κ1) is 12.5. The van der Waals surface area contributed by atoms with Gasteiger partial charge in [0.2, 0.25) is 0 Å². The molecule has 3 nitrogen and oxygen atoms in total. The van der Waals surface area contributed by atoms with E-state index in [2.05, 4.69) is 11.4 Å². The molecule has 0 aromatic heterocycles. The van der Waals surface area contributed by atoms with E-state index in [0.717, 1.165) is 0 Å². The Bertz CT molecular complexity index is 439. The lowest BCUT2D eigenvalue weighted by molar-refractivity contribution is 0.0923. The number of hydrogen-bond acceptors (Lipinski definition) is 2. The third-order valence-electron chi connectivity index (χ3n) is 2.43. The topological polar surface area (TPSA) is 52.9 Å². The molecule has 1 amide bonds. The smallest absolute Gasteiger partial charge is 0.252 e. The van der Waals surface area contributed by atoms with Crippen molar-refractivity contribution in [1.29, 1.82) is 5.26 Å². The molecule has 0 aliphatic heterocycles. The predicted octanol–water partition coefficient (Wildman–Crippen LogP) is 2.76. The summed E-state index contributed by atoms with van der Waals surface area (Å²) in [5.41, 5.74) is -0.373. The summed E-state index contributed by atoms with van der Waals surface area (Å²) >= 11 is 5.78. The van der Waals surface area contributed by atoms with Gasteiger partial charge in [0.05, 0.1) is 6.07 Å². The Morgan fingerprint density at radius 2 is 2.31 bits per heavy atom. The SMILES string of the molecule is CCC(C)(C#N)NC(=O)c1cccc(Cl)c1. The van der Waals surface area contributed by atoms with Crippen molar-refractivity contribution in [3.05, 3.63) is 34.9 Å². The molecular weight excluding hydrogens is 224 g/mol. The monoisotopic (exact) mass is 236 g/mol. The van der Waals surface area contributed by atoms with Gasteiger partial charge in [0, 0.05) is 10.6 Å². The molecular formula is C12H13ClN2O. The van der Waals surface area contributed by atoms with E-state index in [9.17, 15) is 4.79 Å². The summed E-state index contributed by atoms with van der Waals surface area (Å²) in [5.74, 6) is -0.284. The number of benzene rings is 1. The number of hydrogen-bond donors (Lipinski definition) is 1. The zero-order valence-corrected chi connectivity index (χ0v) is 10.0. The minimum absolute atomic E-state index is 0.284. The summed E-state index contributed by atoms with van der Waals surface area (Å²) < 4.78 is 0. The molecule has 0 aliphatic rings. The van der Waals surface area contributed by atoms with Crippen LogP contribution in [0.1, 0.15) is 30.6 Å². The molecule has 84 valence electrons. The molecule has 4 heteroatoms. The Morgan fingerprint density at radius 1 is 1.62 bits per heavy atom. The molecule has 0 aliphatic carbocycles. The van der Waals surface area contributed by atoms with E-state index < -0.39 is 5.54 Å². The van der Waals surface area contributed by atoms with Crippen molar-refractivity contribution in [3.8, 4) is 6.07 Å². The average Bonchev–Trinajstić information content (AvgIpc) is 2.29. The minimum atomic E-state index is -0.834. The molecule has 1 atom stereocenters. The van der Waals surface area contributed by atoms with Gasteiger partial charge in [-0.1, -0.05) is 24.6 Å². The Hall–Kier alpha value is -1.53. The van der Waals surface area contributed by atoms with E-state index in [1.165, 1.54) is 0 Å². The van der Waals surface area contributed by atoms with Crippen LogP contribution in [0.25, 0.3) is 0 Å². The van der Waals surface area contributed by atoms with E-state index in [-0.39, 0.29) is 5.91 Å². The van der Waals surface area contributed by atoms with Crippen LogP contribution in [0.5, 0.6) is 0 Å². The summed E-state index contributed by atoms with van der Waals surface area (Å²) in [7, 11) is 0. The lowest BCUT2D eigenvalue weighted by atomic mass is 10.0. The molecule has 0 spiro atoms. The Balaban J connectivity index is 2.85. The lowest BCUT2D eigenvalue weighted by Gasteiger charge is -2.21. The second-order valence-electron chi connectivity index (χ2n) is 3.76. The largest absolute Gasteiger partial charge is 0.334 e. The Labute approximate surface area is 100 Å². The van der Waals surface area contributed by atoms with Crippen LogP contribution in [-0.2, 0) is 0 Å². The van der Waals surface area contributed by atoms with E-state index >= 15 is 0 Å². The van der Waals surface area contributed by atoms with Gasteiger partial charge in [0.1, 0.15) is 5.54 Å². The molecule has 1 rings (SSSR count). The zero-order valence-electron chi connectivity index (χ0n) is 9.25. The van der Waals surface area contributed by atoms with Crippen molar-refractivity contribution in [2.45, 2.75) is 25.8 Å². The lowest BCUT2D eigenvalue weighted by Crippen LogP contribution is -2.44. The maximum absolute atomic E-state index is 11.8. The molecule has 0 radical (unpaired) electrons. The first-order valence-corrected chi connectivity index (χ1v) is 5.38. The maximum Gasteiger partial charge on any atom is 0.252 e. The van der Waals surface area contributed by atoms with Crippen LogP contribution < -0.4 is 5.32 Å². The molecule has 1 N–H and O–H groups in total. The van der Waals surface area contributed by atoms with Crippen LogP contribution in [0.4, 0.5) is 0 Å². The van der Waals surface area contributed by atoms with E-state index in [1.54, 1.807) is 31.2 Å². The first-order valence-electron chi connectivity index (χ1n) is 5.00. The summed E-state index contributed by atoms with van der Waals surface area (Å²) in [4.78, 5) is 11.8. The second-order valence-corrected chi connectivity index (χ2v) is 4.20. The van der Waals surface area contributed by atoms with Gasteiger partial charge in [-0.15, -0.1) is 0 Å². The number of nitrogens with one attached hydrogen (secondary N) is 1. The third-order valence-corrected chi connectivity index (χ3v) is 2.67. The molecule has 0 saturated heterocycles. The van der Waals surface area contributed by atoms with E-state index in [4.69, 9.17) is 16.9 Å². The Morgan fingerprint density at radius 3 is 2.81 bits per heavy atom. The highest BCUT2D eigenvalue weighted by Gasteiger charge is 2.24. The van der Waals surface area contributed by atoms with Gasteiger partial charge in [-0.25, -0.2) is 0 Å². The first-order chi connectivity index (χ1) is 7.50. The van der Waals surface area contributed by atoms with Gasteiger partial charge in [-0.05, 0) is 31.5 Å². The van der Waals surface area contributed by atoms with Gasteiger partial charge in [-0.2, -0.15) is 5.26 Å². The van der Waals surface area contributed by atoms with E-state index in [0.29, 0.717) is 17.0 Å². The van der Waals surface area contributed by atoms with Crippen molar-refractivity contribution in [2.24, 2.45) is 0 Å². The van der Waals surface area contributed by atoms with Crippen molar-refractivity contribution < 1.29 is 4.79 Å². The molecule has 0 bridgehead atoms. The summed E-state index contributed by atoms with van der Waals surface area (Å²) in [6.07, 6.45) is 0.551. The van der Waals surface area contributed by atoms with Gasteiger partial charge < -0.3 is 5.32 Å². The van der Waals surface area contributed by atoms with Crippen LogP contribution in [0.2, 0.25) is 5.02 Å². The van der Waals surface area contributed by atoms with E-state index in [1.807, 2.05) is 6.92 Å². The number of carbonyl (C=O) groups excluding carboxylic acids is 1. The molecule has 0 fully saturated rings. The summed E-state index contributed by atoms with van der Waals surface area (Å²) in [5, 5.41) is 12.1. The third kappa shape index (κ3) is 2.98. The van der Waals surface area contributed by atoms with Gasteiger partial charge >= 0.3 is 0 Å². The predicted molar refractivity (Wildman–Crippen MR) is 63.2 cm³/mol. The van der Waals surface area contributed by atoms with Gasteiger partial charge in [-0.3, -0.25) is 4.79 Å². The van der Waals surface area contributed by atoms with Crippen molar-refractivity contribution >= 4 is 17.5 Å². The molecule has 0 saturated carbocycles. The number of amides is 1. The van der Waals surface area contributed by atoms with Gasteiger partial charge in [0.15, 0.2) is 0 Å². The van der Waals surface area contributed by atoms with Crippen LogP contribution >= 0.6 is 11.6 Å². The van der Waals surface area contributed by atoms with Gasteiger partial charge in [0.25, 0.3) is 5.91 Å². The molecule has 1 aromatic rings. The molecule has 1 aromatic carbocycles. The summed E-state index contributed by atoms with van der Waals surface area (Å²) in [6, 6.07) is 8.71. The quantitative estimate of drug-likeness (QED) is 0.877. The highest BCUT2D eigenvalue weighted by atomic mass is 35.5. The standard InChI is InChI=1S/C12H13ClN2O/c1-3-12(2,8-14)15-11(16)9-5-4-6-10(13)7-9/h4-7H,3H2,1-2H3,(H,15,16). The fraction of sp³-hybridized carbons (Fsp3) is 0.333. The molecule has 0 heterocycles. The zero-order chi connectivity index (χ0) is 12.2. The molecule has 1 unspecified atom stereocenters. The van der Waals surface area contributed by atoms with Crippen molar-refractivity contribution in [2.75, 3.05) is 0 Å². The number of halogens is 1. The van der Waals surface area contributed by atoms with Crippen LogP contribution in [0.15, 0.2) is 24.3 Å². The average molecular weight is 237 g/mol. The number of nitrogens with zero attached hydrogens (tertiary/aromatic N) is 1. The fourth-order valence-corrected chi connectivity index (χ4v) is 1.34. The normalized spacial score (nSPS) is 13.6. The number of carbonyl (C=O) groups is 1. The van der Waals surface area contributed by atoms with Crippen molar-refractivity contribution in [1.82, 2.24) is 5.32 Å². The second kappa shape index (κ2) is 5.00. The number of rotatable bonds is 3. The minimum Gasteiger partial charge on any atom is -0.334 e. The highest BCUT2D eigenvalue weighted by molar-refractivity contribution is 6.30. The molecule has 16 heavy (non-hydrogen) atoms. The number of nitriles is 1. The fourth-order valence-electron chi connectivity index (χ4n) is 1.15. The Kier molecular flexibility index (Phi) is 3.92. The van der Waals surface area contributed by atoms with Crippen LogP contribution in [0, 0.1) is 11.3 Å².